The molecule has 1 N–H and O–H groups in total. The van der Waals surface area contributed by atoms with E-state index < -0.39 is 17.8 Å². The Labute approximate surface area is 149 Å². The molecule has 130 valence electrons. The predicted octanol–water partition coefficient (Wildman–Crippen LogP) is 5.04. The van der Waals surface area contributed by atoms with E-state index >= 15 is 0 Å². The number of nitrogens with zero attached hydrogens (tertiary/aromatic N) is 1. The van der Waals surface area contributed by atoms with Crippen molar-refractivity contribution in [1.82, 2.24) is 0 Å². The molecule has 0 saturated carbocycles. The van der Waals surface area contributed by atoms with E-state index in [9.17, 15) is 13.6 Å². The van der Waals surface area contributed by atoms with E-state index in [1.54, 1.807) is 17.0 Å². The summed E-state index contributed by atoms with van der Waals surface area (Å²) < 4.78 is 27.4. The van der Waals surface area contributed by atoms with Crippen molar-refractivity contribution in [3.05, 3.63) is 95.1 Å². The topological polar surface area (TPSA) is 32.3 Å². The number of nitrogens with one attached hydrogen (secondary N) is 1. The van der Waals surface area contributed by atoms with Crippen molar-refractivity contribution in [2.45, 2.75) is 13.1 Å². The number of hydrogen-bond donors (Lipinski definition) is 1. The first-order valence-corrected chi connectivity index (χ1v) is 8.26. The first-order chi connectivity index (χ1) is 12.6. The quantitative estimate of drug-likeness (QED) is 0.717. The van der Waals surface area contributed by atoms with Crippen LogP contribution in [0.1, 0.15) is 27.7 Å². The molecule has 0 fully saturated rings. The highest BCUT2D eigenvalue weighted by atomic mass is 19.1. The number of aryl methyl sites for hydroxylation is 1. The van der Waals surface area contributed by atoms with Gasteiger partial charge in [0, 0.05) is 22.9 Å². The van der Waals surface area contributed by atoms with E-state index in [0.29, 0.717) is 5.56 Å². The second kappa shape index (κ2) is 6.26. The molecule has 0 radical (unpaired) electrons. The van der Waals surface area contributed by atoms with Gasteiger partial charge in [-0.25, -0.2) is 8.78 Å². The average molecular weight is 350 g/mol. The van der Waals surface area contributed by atoms with Crippen LogP contribution in [0.2, 0.25) is 0 Å². The largest absolute Gasteiger partial charge is 0.359 e. The second-order valence-corrected chi connectivity index (χ2v) is 6.22. The van der Waals surface area contributed by atoms with Crippen LogP contribution in [-0.2, 0) is 0 Å². The van der Waals surface area contributed by atoms with Crippen LogP contribution in [0, 0.1) is 18.6 Å². The molecular weight excluding hydrogens is 334 g/mol. The number of fused-ring (bicyclic) bond motifs is 1. The van der Waals surface area contributed by atoms with Gasteiger partial charge in [0.2, 0.25) is 0 Å². The highest BCUT2D eigenvalue weighted by Gasteiger charge is 2.38. The number of benzene rings is 3. The number of hydrogen-bond acceptors (Lipinski definition) is 2. The van der Waals surface area contributed by atoms with Gasteiger partial charge < -0.3 is 5.32 Å². The van der Waals surface area contributed by atoms with Gasteiger partial charge in [-0.2, -0.15) is 0 Å². The Morgan fingerprint density at radius 1 is 0.962 bits per heavy atom. The highest BCUT2D eigenvalue weighted by molar-refractivity contribution is 6.11. The van der Waals surface area contributed by atoms with Crippen LogP contribution in [0.4, 0.5) is 20.2 Å². The minimum absolute atomic E-state index is 0.138. The van der Waals surface area contributed by atoms with Crippen LogP contribution in [0.5, 0.6) is 0 Å². The first kappa shape index (κ1) is 16.3. The van der Waals surface area contributed by atoms with Crippen molar-refractivity contribution in [2.75, 3.05) is 10.2 Å². The Bertz CT molecular complexity index is 1000. The van der Waals surface area contributed by atoms with Gasteiger partial charge in [-0.3, -0.25) is 9.69 Å². The molecule has 3 nitrogen and oxygen atoms in total. The molecule has 3 aromatic carbocycles. The van der Waals surface area contributed by atoms with Gasteiger partial charge in [-0.15, -0.1) is 0 Å². The molecule has 0 bridgehead atoms. The zero-order chi connectivity index (χ0) is 18.3. The van der Waals surface area contributed by atoms with Crippen LogP contribution < -0.4 is 10.2 Å². The highest BCUT2D eigenvalue weighted by Crippen LogP contribution is 2.39. The lowest BCUT2D eigenvalue weighted by atomic mass is 10.1. The van der Waals surface area contributed by atoms with Crippen LogP contribution in [0.3, 0.4) is 0 Å². The molecule has 26 heavy (non-hydrogen) atoms. The normalized spacial score (nSPS) is 15.9. The van der Waals surface area contributed by atoms with E-state index in [2.05, 4.69) is 5.32 Å². The molecule has 5 heteroatoms. The van der Waals surface area contributed by atoms with Gasteiger partial charge in [0.15, 0.2) is 0 Å². The van der Waals surface area contributed by atoms with E-state index in [0.717, 1.165) is 22.9 Å². The maximum atomic E-state index is 14.2. The molecular formula is C21H16F2N2O. The Balaban J connectivity index is 1.82. The number of anilines is 2. The second-order valence-electron chi connectivity index (χ2n) is 6.22. The van der Waals surface area contributed by atoms with Crippen LogP contribution in [0.25, 0.3) is 0 Å². The maximum Gasteiger partial charge on any atom is 0.260 e. The van der Waals surface area contributed by atoms with Gasteiger partial charge in [-0.1, -0.05) is 36.4 Å². The molecule has 0 spiro atoms. The summed E-state index contributed by atoms with van der Waals surface area (Å²) in [7, 11) is 0. The third kappa shape index (κ3) is 2.62. The Morgan fingerprint density at radius 2 is 1.69 bits per heavy atom. The Kier molecular flexibility index (Phi) is 3.92. The molecule has 1 atom stereocenters. The lowest BCUT2D eigenvalue weighted by molar-refractivity contribution is 0.0992. The summed E-state index contributed by atoms with van der Waals surface area (Å²) in [4.78, 5) is 14.6. The van der Waals surface area contributed by atoms with E-state index in [4.69, 9.17) is 0 Å². The standard InChI is InChI=1S/C21H16F2N2O/c1-13-6-2-5-9-19(13)25-20(15-7-3-4-8-16(15)21(25)26)24-18-11-10-14(22)12-17(18)23/h2-12,20,24H,1H3/t20-/m0/s1. The van der Waals surface area contributed by atoms with Gasteiger partial charge in [-0.05, 0) is 36.8 Å². The molecule has 0 aliphatic carbocycles. The van der Waals surface area contributed by atoms with Gasteiger partial charge in [0.05, 0.1) is 5.69 Å². The summed E-state index contributed by atoms with van der Waals surface area (Å²) in [6, 6.07) is 18.1. The monoisotopic (exact) mass is 350 g/mol. The van der Waals surface area contributed by atoms with E-state index in [1.165, 1.54) is 12.1 Å². The fourth-order valence-corrected chi connectivity index (χ4v) is 3.29. The summed E-state index contributed by atoms with van der Waals surface area (Å²) in [5.41, 5.74) is 3.13. The Morgan fingerprint density at radius 3 is 2.46 bits per heavy atom. The van der Waals surface area contributed by atoms with Crippen molar-refractivity contribution < 1.29 is 13.6 Å². The van der Waals surface area contributed by atoms with Crippen molar-refractivity contribution in [2.24, 2.45) is 0 Å². The zero-order valence-electron chi connectivity index (χ0n) is 14.0. The van der Waals surface area contributed by atoms with Crippen LogP contribution >= 0.6 is 0 Å². The van der Waals surface area contributed by atoms with E-state index in [1.807, 2.05) is 43.3 Å². The number of halogens is 2. The van der Waals surface area contributed by atoms with Crippen LogP contribution in [-0.4, -0.2) is 5.91 Å². The number of rotatable bonds is 3. The SMILES string of the molecule is Cc1ccccc1N1C(=O)c2ccccc2[C@H]1Nc1ccc(F)cc1F. The van der Waals surface area contributed by atoms with Crippen LogP contribution in [0.15, 0.2) is 66.7 Å². The summed E-state index contributed by atoms with van der Waals surface area (Å²) in [5.74, 6) is -1.51. The first-order valence-electron chi connectivity index (χ1n) is 8.26. The lowest BCUT2D eigenvalue weighted by Gasteiger charge is -2.28. The summed E-state index contributed by atoms with van der Waals surface area (Å²) in [6.07, 6.45) is -0.584. The number of carbonyl (C=O) groups is 1. The lowest BCUT2D eigenvalue weighted by Crippen LogP contribution is -2.33. The number of carbonyl (C=O) groups excluding carboxylic acids is 1. The van der Waals surface area contributed by atoms with E-state index in [-0.39, 0.29) is 11.6 Å². The molecule has 0 unspecified atom stereocenters. The molecule has 1 heterocycles. The van der Waals surface area contributed by atoms with Gasteiger partial charge >= 0.3 is 0 Å². The predicted molar refractivity (Wildman–Crippen MR) is 97.2 cm³/mol. The van der Waals surface area contributed by atoms with Crippen molar-refractivity contribution >= 4 is 17.3 Å². The minimum atomic E-state index is -0.702. The fourth-order valence-electron chi connectivity index (χ4n) is 3.29. The van der Waals surface area contributed by atoms with Crippen molar-refractivity contribution in [3.63, 3.8) is 0 Å². The molecule has 1 amide bonds. The Hall–Kier alpha value is -3.21. The molecule has 3 aromatic rings. The molecule has 0 aromatic heterocycles. The fraction of sp³-hybridized carbons (Fsp3) is 0.0952. The van der Waals surface area contributed by atoms with Crippen molar-refractivity contribution in [1.29, 1.82) is 0 Å². The smallest absolute Gasteiger partial charge is 0.260 e. The third-order valence-corrected chi connectivity index (χ3v) is 4.56. The summed E-state index contributed by atoms with van der Waals surface area (Å²) in [6.45, 7) is 1.92. The summed E-state index contributed by atoms with van der Waals surface area (Å²) in [5, 5.41) is 3.06. The molecule has 1 aliphatic rings. The average Bonchev–Trinajstić information content (AvgIpc) is 2.90. The minimum Gasteiger partial charge on any atom is -0.359 e. The maximum absolute atomic E-state index is 14.2. The van der Waals surface area contributed by atoms with Gasteiger partial charge in [0.25, 0.3) is 5.91 Å². The summed E-state index contributed by atoms with van der Waals surface area (Å²) >= 11 is 0. The molecule has 1 aliphatic heterocycles. The number of para-hydroxylation sites is 1. The zero-order valence-corrected chi connectivity index (χ0v) is 14.0. The van der Waals surface area contributed by atoms with Gasteiger partial charge in [0.1, 0.15) is 17.8 Å². The van der Waals surface area contributed by atoms with Crippen molar-refractivity contribution in [3.8, 4) is 0 Å². The molecule has 4 rings (SSSR count). The molecule has 0 saturated heterocycles. The number of amides is 1. The third-order valence-electron chi connectivity index (χ3n) is 4.56.